The second kappa shape index (κ2) is 12.1. The molecule has 30 heavy (non-hydrogen) atoms. The maximum atomic E-state index is 12.8. The minimum Gasteiger partial charge on any atom is -0.497 e. The highest BCUT2D eigenvalue weighted by Crippen LogP contribution is 2.27. The van der Waals surface area contributed by atoms with Gasteiger partial charge < -0.3 is 20.1 Å². The predicted molar refractivity (Wildman–Crippen MR) is 122 cm³/mol. The van der Waals surface area contributed by atoms with Gasteiger partial charge in [-0.3, -0.25) is 4.79 Å². The van der Waals surface area contributed by atoms with E-state index >= 15 is 0 Å². The van der Waals surface area contributed by atoms with Crippen molar-refractivity contribution in [1.29, 1.82) is 0 Å². The number of ether oxygens (including phenoxy) is 2. The second-order valence-corrected chi connectivity index (χ2v) is 9.88. The Hall–Kier alpha value is -1.89. The molecule has 0 saturated heterocycles. The molecule has 168 valence electrons. The van der Waals surface area contributed by atoms with E-state index in [2.05, 4.69) is 10.6 Å². The van der Waals surface area contributed by atoms with Crippen LogP contribution in [0, 0.1) is 5.92 Å². The van der Waals surface area contributed by atoms with Crippen molar-refractivity contribution in [2.75, 3.05) is 18.6 Å². The highest BCUT2D eigenvalue weighted by molar-refractivity contribution is 7.99. The van der Waals surface area contributed by atoms with E-state index in [1.54, 1.807) is 18.9 Å². The number of benzene rings is 1. The van der Waals surface area contributed by atoms with Crippen LogP contribution in [0.25, 0.3) is 0 Å². The molecule has 0 aromatic heterocycles. The van der Waals surface area contributed by atoms with Crippen LogP contribution in [0.1, 0.15) is 58.4 Å². The number of rotatable bonds is 9. The molecule has 2 rings (SSSR count). The smallest absolute Gasteiger partial charge is 0.408 e. The Bertz CT molecular complexity index is 667. The highest BCUT2D eigenvalue weighted by atomic mass is 32.2. The van der Waals surface area contributed by atoms with Crippen molar-refractivity contribution in [3.63, 3.8) is 0 Å². The fourth-order valence-corrected chi connectivity index (χ4v) is 4.67. The van der Waals surface area contributed by atoms with Crippen LogP contribution >= 0.6 is 11.8 Å². The molecule has 1 aliphatic rings. The first-order valence-corrected chi connectivity index (χ1v) is 11.9. The Kier molecular flexibility index (Phi) is 9.82. The Morgan fingerprint density at radius 3 is 2.40 bits per heavy atom. The van der Waals surface area contributed by atoms with Gasteiger partial charge in [0.25, 0.3) is 0 Å². The Balaban J connectivity index is 1.89. The van der Waals surface area contributed by atoms with Gasteiger partial charge in [-0.15, -0.1) is 0 Å². The fourth-order valence-electron chi connectivity index (χ4n) is 3.39. The molecule has 0 bridgehead atoms. The quantitative estimate of drug-likeness (QED) is 0.595. The lowest BCUT2D eigenvalue weighted by Gasteiger charge is -2.24. The summed E-state index contributed by atoms with van der Waals surface area (Å²) in [6.45, 7) is 5.82. The normalized spacial score (nSPS) is 15.9. The van der Waals surface area contributed by atoms with E-state index < -0.39 is 17.7 Å². The van der Waals surface area contributed by atoms with Gasteiger partial charge in [-0.1, -0.05) is 31.4 Å². The van der Waals surface area contributed by atoms with Gasteiger partial charge >= 0.3 is 6.09 Å². The summed E-state index contributed by atoms with van der Waals surface area (Å²) in [5, 5.41) is 5.68. The van der Waals surface area contributed by atoms with E-state index in [1.807, 2.05) is 45.0 Å². The van der Waals surface area contributed by atoms with Crippen molar-refractivity contribution in [3.05, 3.63) is 29.8 Å². The fraction of sp³-hybridized carbons (Fsp3) is 0.652. The molecule has 0 aliphatic heterocycles. The molecule has 0 spiro atoms. The molecule has 0 unspecified atom stereocenters. The molecule has 1 aliphatic carbocycles. The second-order valence-electron chi connectivity index (χ2n) is 8.81. The number of hydrogen-bond donors (Lipinski definition) is 2. The summed E-state index contributed by atoms with van der Waals surface area (Å²) >= 11 is 1.74. The standard InChI is InChI=1S/C23H36N2O4S/c1-23(2,3)29-22(27)25-20(16-30-15-18-8-6-5-7-9-18)21(26)24-14-17-10-12-19(28-4)13-11-17/h10-13,18,20H,5-9,14-16H2,1-4H3,(H,24,26)(H,25,27)/t20-/m0/s1. The zero-order valence-electron chi connectivity index (χ0n) is 18.7. The molecule has 1 atom stereocenters. The van der Waals surface area contributed by atoms with Gasteiger partial charge in [0.1, 0.15) is 17.4 Å². The van der Waals surface area contributed by atoms with Crippen molar-refractivity contribution in [2.45, 2.75) is 71.1 Å². The molecule has 0 radical (unpaired) electrons. The molecule has 1 saturated carbocycles. The average Bonchev–Trinajstić information content (AvgIpc) is 2.71. The summed E-state index contributed by atoms with van der Waals surface area (Å²) < 4.78 is 10.5. The van der Waals surface area contributed by atoms with Gasteiger partial charge in [0.05, 0.1) is 7.11 Å². The summed E-state index contributed by atoms with van der Waals surface area (Å²) in [6, 6.07) is 6.91. The molecule has 6 nitrogen and oxygen atoms in total. The van der Waals surface area contributed by atoms with Crippen LogP contribution in [0.4, 0.5) is 4.79 Å². The van der Waals surface area contributed by atoms with Crippen molar-refractivity contribution in [3.8, 4) is 5.75 Å². The van der Waals surface area contributed by atoms with Crippen molar-refractivity contribution >= 4 is 23.8 Å². The van der Waals surface area contributed by atoms with E-state index in [9.17, 15) is 9.59 Å². The van der Waals surface area contributed by atoms with Crippen LogP contribution in [-0.2, 0) is 16.1 Å². The van der Waals surface area contributed by atoms with Crippen molar-refractivity contribution in [2.24, 2.45) is 5.92 Å². The molecule has 2 amide bonds. The van der Waals surface area contributed by atoms with Crippen LogP contribution < -0.4 is 15.4 Å². The van der Waals surface area contributed by atoms with Gasteiger partial charge in [-0.2, -0.15) is 11.8 Å². The zero-order chi connectivity index (χ0) is 22.0. The Morgan fingerprint density at radius 1 is 1.13 bits per heavy atom. The molecular formula is C23H36N2O4S. The molecule has 7 heteroatoms. The van der Waals surface area contributed by atoms with E-state index in [1.165, 1.54) is 32.1 Å². The molecule has 0 heterocycles. The summed E-state index contributed by atoms with van der Waals surface area (Å²) in [4.78, 5) is 25.1. The first kappa shape index (κ1) is 24.4. The van der Waals surface area contributed by atoms with Crippen LogP contribution in [0.3, 0.4) is 0 Å². The predicted octanol–water partition coefficient (Wildman–Crippen LogP) is 4.52. The maximum absolute atomic E-state index is 12.8. The third kappa shape index (κ3) is 9.28. The number of thioether (sulfide) groups is 1. The lowest BCUT2D eigenvalue weighted by atomic mass is 9.91. The summed E-state index contributed by atoms with van der Waals surface area (Å²) in [6.07, 6.45) is 5.89. The lowest BCUT2D eigenvalue weighted by molar-refractivity contribution is -0.122. The van der Waals surface area contributed by atoms with Crippen LogP contribution in [0.2, 0.25) is 0 Å². The molecule has 1 aromatic carbocycles. The summed E-state index contributed by atoms with van der Waals surface area (Å²) in [7, 11) is 1.62. The topological polar surface area (TPSA) is 76.7 Å². The minimum absolute atomic E-state index is 0.201. The third-order valence-corrected chi connectivity index (χ3v) is 6.27. The SMILES string of the molecule is COc1ccc(CNC(=O)[C@H](CSCC2CCCCC2)NC(=O)OC(C)(C)C)cc1. The van der Waals surface area contributed by atoms with Crippen molar-refractivity contribution in [1.82, 2.24) is 10.6 Å². The Morgan fingerprint density at radius 2 is 1.80 bits per heavy atom. The van der Waals surface area contributed by atoms with Crippen LogP contribution in [0.5, 0.6) is 5.75 Å². The summed E-state index contributed by atoms with van der Waals surface area (Å²) in [5.74, 6) is 2.84. The van der Waals surface area contributed by atoms with Crippen molar-refractivity contribution < 1.29 is 19.1 Å². The molecule has 1 aromatic rings. The van der Waals surface area contributed by atoms with E-state index in [4.69, 9.17) is 9.47 Å². The molecular weight excluding hydrogens is 400 g/mol. The highest BCUT2D eigenvalue weighted by Gasteiger charge is 2.25. The van der Waals surface area contributed by atoms with Gasteiger partial charge in [0.2, 0.25) is 5.91 Å². The van der Waals surface area contributed by atoms with Crippen LogP contribution in [0.15, 0.2) is 24.3 Å². The number of nitrogens with one attached hydrogen (secondary N) is 2. The average molecular weight is 437 g/mol. The molecule has 2 N–H and O–H groups in total. The van der Waals surface area contributed by atoms with Gasteiger partial charge in [0.15, 0.2) is 0 Å². The van der Waals surface area contributed by atoms with E-state index in [-0.39, 0.29) is 5.91 Å². The largest absolute Gasteiger partial charge is 0.497 e. The van der Waals surface area contributed by atoms with Gasteiger partial charge in [0, 0.05) is 12.3 Å². The minimum atomic E-state index is -0.633. The zero-order valence-corrected chi connectivity index (χ0v) is 19.5. The van der Waals surface area contributed by atoms with Gasteiger partial charge in [-0.05, 0) is 63.0 Å². The van der Waals surface area contributed by atoms with Crippen LogP contribution in [-0.4, -0.2) is 42.3 Å². The molecule has 1 fully saturated rings. The van der Waals surface area contributed by atoms with Gasteiger partial charge in [-0.25, -0.2) is 4.79 Å². The van der Waals surface area contributed by atoms with E-state index in [0.717, 1.165) is 17.1 Å². The number of amides is 2. The third-order valence-electron chi connectivity index (χ3n) is 5.00. The number of hydrogen-bond acceptors (Lipinski definition) is 5. The number of carbonyl (C=O) groups excluding carboxylic acids is 2. The number of carbonyl (C=O) groups is 2. The van der Waals surface area contributed by atoms with E-state index in [0.29, 0.717) is 18.2 Å². The number of methoxy groups -OCH3 is 1. The summed E-state index contributed by atoms with van der Waals surface area (Å²) in [5.41, 5.74) is 0.360. The first-order chi connectivity index (χ1) is 14.3. The first-order valence-electron chi connectivity index (χ1n) is 10.7. The lowest BCUT2D eigenvalue weighted by Crippen LogP contribution is -2.49. The Labute approximate surface area is 184 Å². The maximum Gasteiger partial charge on any atom is 0.408 e. The monoisotopic (exact) mass is 436 g/mol. The number of alkyl carbamates (subject to hydrolysis) is 1.